The zero-order valence-corrected chi connectivity index (χ0v) is 36.6. The Morgan fingerprint density at radius 3 is 1.24 bits per heavy atom. The van der Waals surface area contributed by atoms with E-state index in [1.54, 1.807) is 55.4 Å². The summed E-state index contributed by atoms with van der Waals surface area (Å²) in [6, 6.07) is 16.2. The van der Waals surface area contributed by atoms with E-state index in [1.807, 2.05) is 60.7 Å². The topological polar surface area (TPSA) is 249 Å². The average Bonchev–Trinajstić information content (AvgIpc) is 3.23. The fourth-order valence-electron chi connectivity index (χ4n) is 6.70. The summed E-state index contributed by atoms with van der Waals surface area (Å²) in [6.45, 7) is 13.0. The Labute approximate surface area is 364 Å². The van der Waals surface area contributed by atoms with E-state index in [0.717, 1.165) is 11.1 Å². The van der Waals surface area contributed by atoms with Crippen LogP contribution in [0.25, 0.3) is 0 Å². The van der Waals surface area contributed by atoms with Crippen molar-refractivity contribution in [1.82, 2.24) is 10.6 Å². The highest BCUT2D eigenvalue weighted by atomic mass is 16.6. The van der Waals surface area contributed by atoms with E-state index < -0.39 is 72.9 Å². The first kappa shape index (κ1) is 50.0. The molecular weight excluding hydrogens is 817 g/mol. The molecule has 4 aromatic rings. The minimum absolute atomic E-state index is 0.0673. The number of nitrogens with one attached hydrogen (secondary N) is 2. The van der Waals surface area contributed by atoms with E-state index in [4.69, 9.17) is 19.3 Å². The number of carbonyl (C=O) groups excluding carboxylic acids is 5. The predicted molar refractivity (Wildman–Crippen MR) is 229 cm³/mol. The van der Waals surface area contributed by atoms with Gasteiger partial charge in [-0.1, -0.05) is 60.7 Å². The van der Waals surface area contributed by atoms with E-state index in [1.165, 1.54) is 6.92 Å². The summed E-state index contributed by atoms with van der Waals surface area (Å²) in [6.07, 6.45) is -0.544. The SMILES string of the molecule is C[C@H](NC(=O)[C@H](Cc1ccccc1)NC(=O)OCc1ccccc1)C(=O)O.Cc1c(C)c(C(=O)OCC(=O)COC(=O)c2c(C)c(C)c(C(=O)O)c(C)c2C)c(C)c(C)c1C(=O)O. The Kier molecular flexibility index (Phi) is 17.8. The van der Waals surface area contributed by atoms with Gasteiger partial charge in [0.25, 0.3) is 0 Å². The van der Waals surface area contributed by atoms with Gasteiger partial charge in [0.1, 0.15) is 18.7 Å². The Morgan fingerprint density at radius 1 is 0.508 bits per heavy atom. The van der Waals surface area contributed by atoms with Gasteiger partial charge in [-0.3, -0.25) is 14.4 Å². The van der Waals surface area contributed by atoms with Crippen LogP contribution in [0.4, 0.5) is 4.79 Å². The van der Waals surface area contributed by atoms with Crippen molar-refractivity contribution >= 4 is 47.6 Å². The second-order valence-electron chi connectivity index (χ2n) is 14.8. The molecule has 16 heteroatoms. The minimum atomic E-state index is -1.16. The lowest BCUT2D eigenvalue weighted by Crippen LogP contribution is -2.51. The second kappa shape index (κ2) is 22.5. The van der Waals surface area contributed by atoms with Crippen molar-refractivity contribution in [3.8, 4) is 0 Å². The largest absolute Gasteiger partial charge is 0.480 e. The molecule has 0 saturated heterocycles. The molecule has 2 amide bonds. The number of hydrogen-bond donors (Lipinski definition) is 5. The van der Waals surface area contributed by atoms with E-state index in [-0.39, 0.29) is 35.3 Å². The summed E-state index contributed by atoms with van der Waals surface area (Å²) in [4.78, 5) is 96.4. The molecule has 5 N–H and O–H groups in total. The van der Waals surface area contributed by atoms with Gasteiger partial charge in [0.15, 0.2) is 13.2 Å². The van der Waals surface area contributed by atoms with Gasteiger partial charge in [-0.25, -0.2) is 24.0 Å². The van der Waals surface area contributed by atoms with Crippen LogP contribution in [0.2, 0.25) is 0 Å². The van der Waals surface area contributed by atoms with Gasteiger partial charge < -0.3 is 40.2 Å². The van der Waals surface area contributed by atoms with Crippen molar-refractivity contribution in [3.63, 3.8) is 0 Å². The number of rotatable bonds is 16. The summed E-state index contributed by atoms with van der Waals surface area (Å²) in [5, 5.41) is 32.8. The first-order valence-electron chi connectivity index (χ1n) is 19.7. The number of ether oxygens (including phenoxy) is 3. The molecule has 0 aliphatic carbocycles. The Hall–Kier alpha value is -7.36. The van der Waals surface area contributed by atoms with Gasteiger partial charge in [-0.05, 0) is 118 Å². The third-order valence-corrected chi connectivity index (χ3v) is 10.6. The predicted octanol–water partition coefficient (Wildman–Crippen LogP) is 6.25. The first-order chi connectivity index (χ1) is 29.6. The van der Waals surface area contributed by atoms with Gasteiger partial charge in [0.2, 0.25) is 11.7 Å². The number of Topliss-reactive ketones (excluding diaryl/α,β-unsaturated/α-hetero) is 1. The molecule has 0 aliphatic heterocycles. The van der Waals surface area contributed by atoms with Crippen LogP contribution >= 0.6 is 0 Å². The molecule has 0 bridgehead atoms. The van der Waals surface area contributed by atoms with Crippen LogP contribution in [0.15, 0.2) is 60.7 Å². The summed E-state index contributed by atoms with van der Waals surface area (Å²) >= 11 is 0. The highest BCUT2D eigenvalue weighted by molar-refractivity contribution is 6.01. The number of carboxylic acids is 3. The number of aromatic carboxylic acids is 2. The number of amides is 2. The first-order valence-corrected chi connectivity index (χ1v) is 19.7. The molecule has 0 radical (unpaired) electrons. The fraction of sp³-hybridized carbons (Fsp3) is 0.319. The number of carbonyl (C=O) groups is 8. The van der Waals surface area contributed by atoms with Crippen molar-refractivity contribution < 1.29 is 67.9 Å². The lowest BCUT2D eigenvalue weighted by Gasteiger charge is -2.20. The number of hydrogen-bond acceptors (Lipinski definition) is 11. The third-order valence-electron chi connectivity index (χ3n) is 10.6. The van der Waals surface area contributed by atoms with Gasteiger partial charge >= 0.3 is 35.9 Å². The van der Waals surface area contributed by atoms with Gasteiger partial charge in [-0.2, -0.15) is 0 Å². The van der Waals surface area contributed by atoms with Gasteiger partial charge in [-0.15, -0.1) is 0 Å². The normalized spacial score (nSPS) is 11.4. The standard InChI is InChI=1S/C27H30O9.C20H22N2O5/c1-11-15(5)22(16(6)12(2)20(11)24(29)30)26(33)35-9-19(28)10-36-27(34)23-17(7)13(3)21(25(31)32)14(4)18(23)8;1-14(19(24)25)21-18(23)17(12-15-8-4-2-5-9-15)22-20(26)27-13-16-10-6-3-7-11-16/h9-10H2,1-8H3,(H,29,30)(H,31,32);2-11,14,17H,12-13H2,1H3,(H,21,23)(H,22,26)(H,24,25)/t;14-,17-/m.0/s1. The van der Waals surface area contributed by atoms with Crippen molar-refractivity contribution in [2.75, 3.05) is 13.2 Å². The molecular formula is C47H52N2O14. The molecule has 4 rings (SSSR count). The van der Waals surface area contributed by atoms with Crippen LogP contribution in [0.1, 0.15) is 104 Å². The molecule has 0 spiro atoms. The second-order valence-corrected chi connectivity index (χ2v) is 14.8. The third kappa shape index (κ3) is 13.1. The van der Waals surface area contributed by atoms with Crippen LogP contribution in [0.3, 0.4) is 0 Å². The number of alkyl carbamates (subject to hydrolysis) is 1. The summed E-state index contributed by atoms with van der Waals surface area (Å²) in [5.41, 5.74) is 5.78. The van der Waals surface area contributed by atoms with Crippen LogP contribution in [-0.2, 0) is 41.6 Å². The quantitative estimate of drug-likeness (QED) is 0.0617. The molecule has 2 atom stereocenters. The number of benzene rings is 4. The van der Waals surface area contributed by atoms with Crippen molar-refractivity contribution in [3.05, 3.63) is 139 Å². The molecule has 16 nitrogen and oxygen atoms in total. The lowest BCUT2D eigenvalue weighted by atomic mass is 9.89. The number of ketones is 1. The Bertz CT molecular complexity index is 2250. The molecule has 0 heterocycles. The molecule has 0 fully saturated rings. The van der Waals surface area contributed by atoms with E-state index in [2.05, 4.69) is 10.6 Å². The molecule has 0 unspecified atom stereocenters. The maximum atomic E-state index is 12.7. The average molecular weight is 869 g/mol. The number of esters is 2. The molecule has 0 aliphatic rings. The maximum absolute atomic E-state index is 12.7. The maximum Gasteiger partial charge on any atom is 0.408 e. The zero-order valence-electron chi connectivity index (χ0n) is 36.6. The zero-order chi connectivity index (χ0) is 47.3. The molecule has 0 saturated carbocycles. The number of carboxylic acid groups (broad SMARTS) is 3. The monoisotopic (exact) mass is 868 g/mol. The summed E-state index contributed by atoms with van der Waals surface area (Å²) in [7, 11) is 0. The van der Waals surface area contributed by atoms with Crippen LogP contribution in [-0.4, -0.2) is 88.2 Å². The molecule has 4 aromatic carbocycles. The van der Waals surface area contributed by atoms with Gasteiger partial charge in [0, 0.05) is 6.42 Å². The van der Waals surface area contributed by atoms with Crippen molar-refractivity contribution in [2.24, 2.45) is 0 Å². The van der Waals surface area contributed by atoms with E-state index in [9.17, 15) is 48.6 Å². The smallest absolute Gasteiger partial charge is 0.408 e. The minimum Gasteiger partial charge on any atom is -0.480 e. The Balaban J connectivity index is 0.000000349. The van der Waals surface area contributed by atoms with Crippen LogP contribution < -0.4 is 10.6 Å². The lowest BCUT2D eigenvalue weighted by molar-refractivity contribution is -0.141. The number of aliphatic carboxylic acids is 1. The van der Waals surface area contributed by atoms with E-state index in [0.29, 0.717) is 44.5 Å². The highest BCUT2D eigenvalue weighted by Crippen LogP contribution is 2.29. The van der Waals surface area contributed by atoms with Gasteiger partial charge in [0.05, 0.1) is 22.3 Å². The van der Waals surface area contributed by atoms with Crippen molar-refractivity contribution in [1.29, 1.82) is 0 Å². The summed E-state index contributed by atoms with van der Waals surface area (Å²) in [5.74, 6) is -6.17. The molecule has 63 heavy (non-hydrogen) atoms. The summed E-state index contributed by atoms with van der Waals surface area (Å²) < 4.78 is 15.4. The van der Waals surface area contributed by atoms with E-state index >= 15 is 0 Å². The fourth-order valence-corrected chi connectivity index (χ4v) is 6.70. The van der Waals surface area contributed by atoms with Crippen LogP contribution in [0.5, 0.6) is 0 Å². The van der Waals surface area contributed by atoms with Crippen LogP contribution in [0, 0.1) is 55.4 Å². The molecule has 334 valence electrons. The Morgan fingerprint density at radius 2 is 0.873 bits per heavy atom. The highest BCUT2D eigenvalue weighted by Gasteiger charge is 2.27. The molecule has 0 aromatic heterocycles. The van der Waals surface area contributed by atoms with Crippen molar-refractivity contribution in [2.45, 2.75) is 87.4 Å².